The number of hydrogen-bond acceptors (Lipinski definition) is 3. The van der Waals surface area contributed by atoms with Gasteiger partial charge in [0.2, 0.25) is 0 Å². The molecule has 0 spiro atoms. The average Bonchev–Trinajstić information content (AvgIpc) is 3.53. The Bertz CT molecular complexity index is 1370. The summed E-state index contributed by atoms with van der Waals surface area (Å²) >= 11 is 0. The van der Waals surface area contributed by atoms with E-state index in [4.69, 9.17) is 4.74 Å². The second-order valence-corrected chi connectivity index (χ2v) is 7.85. The molecule has 0 bridgehead atoms. The number of ether oxygens (including phenoxy) is 1. The number of rotatable bonds is 7. The van der Waals surface area contributed by atoms with Gasteiger partial charge in [-0.15, -0.1) is 0 Å². The molecule has 0 aliphatic heterocycles. The first-order chi connectivity index (χ1) is 16.2. The molecule has 5 rings (SSSR count). The van der Waals surface area contributed by atoms with E-state index >= 15 is 0 Å². The second-order valence-electron chi connectivity index (χ2n) is 7.85. The van der Waals surface area contributed by atoms with Gasteiger partial charge in [-0.05, 0) is 29.3 Å². The third-order valence-electron chi connectivity index (χ3n) is 5.93. The van der Waals surface area contributed by atoms with Crippen molar-refractivity contribution in [3.8, 4) is 17.0 Å². The standard InChI is InChI=1S/C27H24N4O2/c1-33-20-13-11-18(12-14-20)22(23-16-28-25-10-6-5-9-21(23)25)15-29-27(32)24-17-30-31-26(24)19-7-3-2-4-8-19/h2-14,16-17,22,28H,15H2,1H3,(H,29,32)(H,30,31). The molecule has 164 valence electrons. The zero-order chi connectivity index (χ0) is 22.6. The lowest BCUT2D eigenvalue weighted by atomic mass is 9.90. The molecule has 0 saturated carbocycles. The normalized spacial score (nSPS) is 11.9. The number of carbonyl (C=O) groups excluding carboxylic acids is 1. The van der Waals surface area contributed by atoms with Crippen LogP contribution in [0.15, 0.2) is 91.3 Å². The number of nitrogens with zero attached hydrogens (tertiary/aromatic N) is 1. The Labute approximate surface area is 191 Å². The van der Waals surface area contributed by atoms with E-state index in [-0.39, 0.29) is 11.8 Å². The summed E-state index contributed by atoms with van der Waals surface area (Å²) in [5, 5.41) is 11.3. The Morgan fingerprint density at radius 3 is 2.55 bits per heavy atom. The van der Waals surface area contributed by atoms with E-state index in [1.54, 1.807) is 13.3 Å². The molecular formula is C27H24N4O2. The fourth-order valence-corrected chi connectivity index (χ4v) is 4.20. The van der Waals surface area contributed by atoms with Crippen LogP contribution < -0.4 is 10.1 Å². The number of aromatic nitrogens is 3. The van der Waals surface area contributed by atoms with Crippen molar-refractivity contribution >= 4 is 16.8 Å². The topological polar surface area (TPSA) is 82.8 Å². The number of nitrogens with one attached hydrogen (secondary N) is 3. The fourth-order valence-electron chi connectivity index (χ4n) is 4.20. The highest BCUT2D eigenvalue weighted by atomic mass is 16.5. The summed E-state index contributed by atoms with van der Waals surface area (Å²) in [6.07, 6.45) is 3.60. The molecule has 0 aliphatic carbocycles. The van der Waals surface area contributed by atoms with E-state index in [1.165, 1.54) is 0 Å². The van der Waals surface area contributed by atoms with Gasteiger partial charge in [-0.2, -0.15) is 5.10 Å². The van der Waals surface area contributed by atoms with Crippen LogP contribution in [0.3, 0.4) is 0 Å². The minimum absolute atomic E-state index is 0.0388. The number of aromatic amines is 2. The molecule has 6 heteroatoms. The van der Waals surface area contributed by atoms with E-state index in [1.807, 2.05) is 72.9 Å². The van der Waals surface area contributed by atoms with E-state index < -0.39 is 0 Å². The first-order valence-electron chi connectivity index (χ1n) is 10.8. The lowest BCUT2D eigenvalue weighted by Gasteiger charge is -2.19. The minimum Gasteiger partial charge on any atom is -0.497 e. The third-order valence-corrected chi connectivity index (χ3v) is 5.93. The van der Waals surface area contributed by atoms with E-state index in [0.717, 1.165) is 33.3 Å². The summed E-state index contributed by atoms with van der Waals surface area (Å²) in [6.45, 7) is 0.437. The van der Waals surface area contributed by atoms with Gasteiger partial charge in [0, 0.05) is 35.1 Å². The lowest BCUT2D eigenvalue weighted by Crippen LogP contribution is -2.29. The van der Waals surface area contributed by atoms with Crippen molar-refractivity contribution in [1.29, 1.82) is 0 Å². The summed E-state index contributed by atoms with van der Waals surface area (Å²) in [6, 6.07) is 25.9. The summed E-state index contributed by atoms with van der Waals surface area (Å²) in [4.78, 5) is 16.5. The molecule has 3 N–H and O–H groups in total. The number of H-pyrrole nitrogens is 2. The molecular weight excluding hydrogens is 412 g/mol. The first kappa shape index (κ1) is 20.6. The average molecular weight is 437 g/mol. The maximum Gasteiger partial charge on any atom is 0.255 e. The molecule has 3 aromatic carbocycles. The largest absolute Gasteiger partial charge is 0.497 e. The van der Waals surface area contributed by atoms with Gasteiger partial charge in [-0.3, -0.25) is 9.89 Å². The minimum atomic E-state index is -0.166. The van der Waals surface area contributed by atoms with Crippen molar-refractivity contribution in [3.63, 3.8) is 0 Å². The number of para-hydroxylation sites is 1. The SMILES string of the molecule is COc1ccc(C(CNC(=O)c2cn[nH]c2-c2ccccc2)c2c[nH]c3ccccc23)cc1. The number of methoxy groups -OCH3 is 1. The van der Waals surface area contributed by atoms with Crippen molar-refractivity contribution in [2.75, 3.05) is 13.7 Å². The molecule has 1 unspecified atom stereocenters. The highest BCUT2D eigenvalue weighted by molar-refractivity contribution is 5.99. The number of fused-ring (bicyclic) bond motifs is 1. The van der Waals surface area contributed by atoms with Gasteiger partial charge in [-0.1, -0.05) is 60.7 Å². The molecule has 0 fully saturated rings. The second kappa shape index (κ2) is 9.04. The molecule has 0 aliphatic rings. The van der Waals surface area contributed by atoms with E-state index in [0.29, 0.717) is 17.8 Å². The fraction of sp³-hybridized carbons (Fsp3) is 0.111. The van der Waals surface area contributed by atoms with Crippen LogP contribution in [0.1, 0.15) is 27.4 Å². The van der Waals surface area contributed by atoms with Gasteiger partial charge in [0.25, 0.3) is 5.91 Å². The Morgan fingerprint density at radius 1 is 1.00 bits per heavy atom. The van der Waals surface area contributed by atoms with Gasteiger partial charge in [0.1, 0.15) is 5.75 Å². The number of amides is 1. The van der Waals surface area contributed by atoms with Gasteiger partial charge in [0.05, 0.1) is 24.6 Å². The van der Waals surface area contributed by atoms with Crippen LogP contribution in [-0.2, 0) is 0 Å². The molecule has 1 atom stereocenters. The molecule has 2 aromatic heterocycles. The summed E-state index contributed by atoms with van der Waals surface area (Å²) in [7, 11) is 1.65. The molecule has 0 radical (unpaired) electrons. The first-order valence-corrected chi connectivity index (χ1v) is 10.8. The lowest BCUT2D eigenvalue weighted by molar-refractivity contribution is 0.0953. The van der Waals surface area contributed by atoms with Crippen LogP contribution in [0.4, 0.5) is 0 Å². The zero-order valence-electron chi connectivity index (χ0n) is 18.2. The molecule has 0 saturated heterocycles. The van der Waals surface area contributed by atoms with Crippen molar-refractivity contribution in [2.45, 2.75) is 5.92 Å². The maximum absolute atomic E-state index is 13.2. The molecule has 5 aromatic rings. The number of carbonyl (C=O) groups is 1. The molecule has 6 nitrogen and oxygen atoms in total. The van der Waals surface area contributed by atoms with E-state index in [2.05, 4.69) is 32.6 Å². The van der Waals surface area contributed by atoms with Crippen molar-refractivity contribution in [1.82, 2.24) is 20.5 Å². The maximum atomic E-state index is 13.2. The summed E-state index contributed by atoms with van der Waals surface area (Å²) < 4.78 is 5.33. The Morgan fingerprint density at radius 2 is 1.76 bits per heavy atom. The van der Waals surface area contributed by atoms with Crippen molar-refractivity contribution in [2.24, 2.45) is 0 Å². The Kier molecular flexibility index (Phi) is 5.64. The van der Waals surface area contributed by atoms with Crippen LogP contribution in [0.5, 0.6) is 5.75 Å². The van der Waals surface area contributed by atoms with Crippen LogP contribution in [0.2, 0.25) is 0 Å². The van der Waals surface area contributed by atoms with Crippen molar-refractivity contribution < 1.29 is 9.53 Å². The number of benzene rings is 3. The van der Waals surface area contributed by atoms with Crippen LogP contribution >= 0.6 is 0 Å². The molecule has 2 heterocycles. The van der Waals surface area contributed by atoms with Crippen LogP contribution in [-0.4, -0.2) is 34.7 Å². The predicted molar refractivity (Wildman–Crippen MR) is 129 cm³/mol. The van der Waals surface area contributed by atoms with Gasteiger partial charge in [0.15, 0.2) is 0 Å². The van der Waals surface area contributed by atoms with Crippen LogP contribution in [0, 0.1) is 0 Å². The summed E-state index contributed by atoms with van der Waals surface area (Å²) in [5.41, 5.74) is 5.44. The summed E-state index contributed by atoms with van der Waals surface area (Å²) in [5.74, 6) is 0.593. The van der Waals surface area contributed by atoms with Gasteiger partial charge < -0.3 is 15.0 Å². The Balaban J connectivity index is 1.45. The zero-order valence-corrected chi connectivity index (χ0v) is 18.2. The highest BCUT2D eigenvalue weighted by Crippen LogP contribution is 2.31. The van der Waals surface area contributed by atoms with E-state index in [9.17, 15) is 4.79 Å². The Hall–Kier alpha value is -4.32. The van der Waals surface area contributed by atoms with Gasteiger partial charge in [-0.25, -0.2) is 0 Å². The molecule has 1 amide bonds. The smallest absolute Gasteiger partial charge is 0.255 e. The monoisotopic (exact) mass is 436 g/mol. The number of hydrogen-bond donors (Lipinski definition) is 3. The quantitative estimate of drug-likeness (QED) is 0.331. The van der Waals surface area contributed by atoms with Gasteiger partial charge >= 0.3 is 0 Å². The van der Waals surface area contributed by atoms with Crippen molar-refractivity contribution in [3.05, 3.63) is 108 Å². The molecule has 33 heavy (non-hydrogen) atoms. The van der Waals surface area contributed by atoms with Crippen LogP contribution in [0.25, 0.3) is 22.2 Å². The third kappa shape index (κ3) is 4.11. The predicted octanol–water partition coefficient (Wildman–Crippen LogP) is 5.13. The highest BCUT2D eigenvalue weighted by Gasteiger charge is 2.21.